The third-order valence-corrected chi connectivity index (χ3v) is 2.07. The first-order valence-electron chi connectivity index (χ1n) is 3.87. The van der Waals surface area contributed by atoms with Crippen molar-refractivity contribution in [3.8, 4) is 0 Å². The van der Waals surface area contributed by atoms with Gasteiger partial charge in [-0.1, -0.05) is 12.1 Å². The highest BCUT2D eigenvalue weighted by molar-refractivity contribution is 5.50. The SMILES string of the molecule is Cc1ccc(CF)c(C)c1[N+](=O)[O-]. The molecule has 0 radical (unpaired) electrons. The van der Waals surface area contributed by atoms with Crippen molar-refractivity contribution in [1.29, 1.82) is 0 Å². The molecule has 0 amide bonds. The molecule has 0 unspecified atom stereocenters. The number of hydrogen-bond donors (Lipinski definition) is 0. The number of alkyl halides is 1. The molecule has 70 valence electrons. The molecule has 0 spiro atoms. The lowest BCUT2D eigenvalue weighted by molar-refractivity contribution is -0.386. The maximum atomic E-state index is 12.3. The summed E-state index contributed by atoms with van der Waals surface area (Å²) in [6.07, 6.45) is 0. The van der Waals surface area contributed by atoms with E-state index in [1.807, 2.05) is 0 Å². The Bertz CT molecular complexity index is 350. The minimum Gasteiger partial charge on any atom is -0.258 e. The van der Waals surface area contributed by atoms with Gasteiger partial charge in [-0.15, -0.1) is 0 Å². The van der Waals surface area contributed by atoms with Crippen LogP contribution < -0.4 is 0 Å². The second-order valence-electron chi connectivity index (χ2n) is 2.91. The highest BCUT2D eigenvalue weighted by atomic mass is 19.1. The maximum Gasteiger partial charge on any atom is 0.275 e. The molecule has 0 aliphatic heterocycles. The van der Waals surface area contributed by atoms with Gasteiger partial charge >= 0.3 is 0 Å². The van der Waals surface area contributed by atoms with Gasteiger partial charge in [0.1, 0.15) is 6.67 Å². The summed E-state index contributed by atoms with van der Waals surface area (Å²) in [5, 5.41) is 10.6. The van der Waals surface area contributed by atoms with Crippen LogP contribution in [0.5, 0.6) is 0 Å². The van der Waals surface area contributed by atoms with Crippen LogP contribution in [-0.2, 0) is 6.67 Å². The van der Waals surface area contributed by atoms with Gasteiger partial charge in [-0.05, 0) is 19.4 Å². The fourth-order valence-electron chi connectivity index (χ4n) is 1.30. The molecule has 0 aromatic heterocycles. The maximum absolute atomic E-state index is 12.3. The summed E-state index contributed by atoms with van der Waals surface area (Å²) in [6, 6.07) is 3.15. The lowest BCUT2D eigenvalue weighted by Gasteiger charge is -2.04. The average molecular weight is 183 g/mol. The molecule has 0 aliphatic carbocycles. The highest BCUT2D eigenvalue weighted by Gasteiger charge is 2.16. The highest BCUT2D eigenvalue weighted by Crippen LogP contribution is 2.25. The molecular weight excluding hydrogens is 173 g/mol. The normalized spacial score (nSPS) is 10.1. The lowest BCUT2D eigenvalue weighted by Crippen LogP contribution is -1.98. The number of rotatable bonds is 2. The molecule has 0 saturated carbocycles. The molecule has 0 heterocycles. The Morgan fingerprint density at radius 3 is 2.54 bits per heavy atom. The van der Waals surface area contributed by atoms with E-state index < -0.39 is 11.6 Å². The standard InChI is InChI=1S/C9H10FNO2/c1-6-3-4-8(5-10)7(2)9(6)11(12)13/h3-4H,5H2,1-2H3. The number of nitrogens with zero attached hydrogens (tertiary/aromatic N) is 1. The van der Waals surface area contributed by atoms with Crippen LogP contribution in [0.2, 0.25) is 0 Å². The molecule has 0 aliphatic rings. The van der Waals surface area contributed by atoms with Gasteiger partial charge in [0, 0.05) is 11.1 Å². The molecular formula is C9H10FNO2. The summed E-state index contributed by atoms with van der Waals surface area (Å²) in [5.41, 5.74) is 1.40. The number of nitro groups is 1. The molecule has 0 atom stereocenters. The smallest absolute Gasteiger partial charge is 0.258 e. The van der Waals surface area contributed by atoms with Crippen LogP contribution in [-0.4, -0.2) is 4.92 Å². The van der Waals surface area contributed by atoms with E-state index in [2.05, 4.69) is 0 Å². The van der Waals surface area contributed by atoms with Crippen LogP contribution in [0, 0.1) is 24.0 Å². The van der Waals surface area contributed by atoms with Crippen LogP contribution >= 0.6 is 0 Å². The van der Waals surface area contributed by atoms with E-state index in [4.69, 9.17) is 0 Å². The lowest BCUT2D eigenvalue weighted by atomic mass is 10.0. The molecule has 0 bridgehead atoms. The molecule has 1 aromatic rings. The summed E-state index contributed by atoms with van der Waals surface area (Å²) >= 11 is 0. The first-order chi connectivity index (χ1) is 6.07. The van der Waals surface area contributed by atoms with Crippen molar-refractivity contribution in [3.05, 3.63) is 38.9 Å². The van der Waals surface area contributed by atoms with Gasteiger partial charge in [-0.3, -0.25) is 10.1 Å². The predicted octanol–water partition coefficient (Wildman–Crippen LogP) is 2.68. The summed E-state index contributed by atoms with van der Waals surface area (Å²) in [4.78, 5) is 10.1. The number of nitro benzene ring substituents is 1. The summed E-state index contributed by atoms with van der Waals surface area (Å²) in [6.45, 7) is 2.56. The number of hydrogen-bond acceptors (Lipinski definition) is 2. The Morgan fingerprint density at radius 2 is 2.08 bits per heavy atom. The predicted molar refractivity (Wildman–Crippen MR) is 47.4 cm³/mol. The van der Waals surface area contributed by atoms with E-state index in [1.54, 1.807) is 26.0 Å². The number of aryl methyl sites for hydroxylation is 1. The Labute approximate surface area is 75.3 Å². The summed E-state index contributed by atoms with van der Waals surface area (Å²) in [7, 11) is 0. The Hall–Kier alpha value is -1.45. The zero-order chi connectivity index (χ0) is 10.0. The van der Waals surface area contributed by atoms with E-state index in [0.29, 0.717) is 16.7 Å². The summed E-state index contributed by atoms with van der Waals surface area (Å²) in [5.74, 6) is 0. The van der Waals surface area contributed by atoms with Crippen molar-refractivity contribution < 1.29 is 9.31 Å². The van der Waals surface area contributed by atoms with Gasteiger partial charge in [-0.2, -0.15) is 0 Å². The molecule has 1 rings (SSSR count). The van der Waals surface area contributed by atoms with Crippen molar-refractivity contribution in [2.45, 2.75) is 20.5 Å². The first-order valence-corrected chi connectivity index (χ1v) is 3.87. The largest absolute Gasteiger partial charge is 0.275 e. The fourth-order valence-corrected chi connectivity index (χ4v) is 1.30. The van der Waals surface area contributed by atoms with Crippen molar-refractivity contribution in [3.63, 3.8) is 0 Å². The van der Waals surface area contributed by atoms with E-state index in [0.717, 1.165) is 0 Å². The van der Waals surface area contributed by atoms with Gasteiger partial charge in [0.25, 0.3) is 5.69 Å². The van der Waals surface area contributed by atoms with E-state index in [1.165, 1.54) is 0 Å². The van der Waals surface area contributed by atoms with Crippen molar-refractivity contribution in [2.75, 3.05) is 0 Å². The van der Waals surface area contributed by atoms with Gasteiger partial charge < -0.3 is 0 Å². The molecule has 1 aromatic carbocycles. The zero-order valence-electron chi connectivity index (χ0n) is 7.50. The Morgan fingerprint density at radius 1 is 1.46 bits per heavy atom. The zero-order valence-corrected chi connectivity index (χ0v) is 7.50. The van der Waals surface area contributed by atoms with Crippen molar-refractivity contribution in [1.82, 2.24) is 0 Å². The minimum absolute atomic E-state index is 0.0233. The number of benzene rings is 1. The van der Waals surface area contributed by atoms with Crippen molar-refractivity contribution in [2.24, 2.45) is 0 Å². The van der Waals surface area contributed by atoms with Crippen LogP contribution in [0.1, 0.15) is 16.7 Å². The third-order valence-electron chi connectivity index (χ3n) is 2.07. The van der Waals surface area contributed by atoms with E-state index in [9.17, 15) is 14.5 Å². The third kappa shape index (κ3) is 1.66. The van der Waals surface area contributed by atoms with Gasteiger partial charge in [0.2, 0.25) is 0 Å². The molecule has 0 N–H and O–H groups in total. The van der Waals surface area contributed by atoms with Crippen LogP contribution in [0.3, 0.4) is 0 Å². The quantitative estimate of drug-likeness (QED) is 0.522. The van der Waals surface area contributed by atoms with Crippen molar-refractivity contribution >= 4 is 5.69 Å². The number of halogens is 1. The van der Waals surface area contributed by atoms with Gasteiger partial charge in [-0.25, -0.2) is 4.39 Å². The van der Waals surface area contributed by atoms with E-state index in [-0.39, 0.29) is 5.69 Å². The Kier molecular flexibility index (Phi) is 2.60. The fraction of sp³-hybridized carbons (Fsp3) is 0.333. The van der Waals surface area contributed by atoms with Gasteiger partial charge in [0.05, 0.1) is 4.92 Å². The van der Waals surface area contributed by atoms with Crippen LogP contribution in [0.15, 0.2) is 12.1 Å². The topological polar surface area (TPSA) is 43.1 Å². The molecule has 0 saturated heterocycles. The second kappa shape index (κ2) is 3.51. The molecule has 13 heavy (non-hydrogen) atoms. The molecule has 3 nitrogen and oxygen atoms in total. The second-order valence-corrected chi connectivity index (χ2v) is 2.91. The van der Waals surface area contributed by atoms with E-state index >= 15 is 0 Å². The van der Waals surface area contributed by atoms with Gasteiger partial charge in [0.15, 0.2) is 0 Å². The first kappa shape index (κ1) is 9.64. The molecule has 0 fully saturated rings. The monoisotopic (exact) mass is 183 g/mol. The van der Waals surface area contributed by atoms with Crippen LogP contribution in [0.25, 0.3) is 0 Å². The Balaban J connectivity index is 3.38. The summed E-state index contributed by atoms with van der Waals surface area (Å²) < 4.78 is 12.3. The minimum atomic E-state index is -0.660. The average Bonchev–Trinajstić information content (AvgIpc) is 2.04. The molecule has 4 heteroatoms. The van der Waals surface area contributed by atoms with Crippen LogP contribution in [0.4, 0.5) is 10.1 Å².